The lowest BCUT2D eigenvalue weighted by atomic mass is 10.7. The third kappa shape index (κ3) is 7.33. The van der Waals surface area contributed by atoms with Gasteiger partial charge in [-0.25, -0.2) is 4.79 Å². The van der Waals surface area contributed by atoms with Crippen molar-refractivity contribution in [2.45, 2.75) is 0 Å². The van der Waals surface area contributed by atoms with Gasteiger partial charge in [0, 0.05) is 0 Å². The highest BCUT2D eigenvalue weighted by Crippen LogP contribution is 2.01. The van der Waals surface area contributed by atoms with Crippen molar-refractivity contribution in [1.29, 1.82) is 5.53 Å². The monoisotopic (exact) mass is 316 g/mol. The zero-order chi connectivity index (χ0) is 11.0. The molecule has 0 rings (SSSR count). The molecular formula is C4H7IN5O4+. The highest BCUT2D eigenvalue weighted by Gasteiger charge is 2.08. The summed E-state index contributed by atoms with van der Waals surface area (Å²) in [5.41, 5.74) is 6.28. The highest BCUT2D eigenvalue weighted by atomic mass is 127. The van der Waals surface area contributed by atoms with Gasteiger partial charge in [0.15, 0.2) is 5.22 Å². The van der Waals surface area contributed by atoms with Crippen LogP contribution in [0, 0.1) is 5.53 Å². The summed E-state index contributed by atoms with van der Waals surface area (Å²) < 4.78 is 0.858. The summed E-state index contributed by atoms with van der Waals surface area (Å²) in [6.07, 6.45) is 0. The number of aliphatic carboxylic acids is 2. The van der Waals surface area contributed by atoms with Crippen LogP contribution in [0.3, 0.4) is 0 Å². The Labute approximate surface area is 88.0 Å². The minimum absolute atomic E-state index is 0.150. The van der Waals surface area contributed by atoms with Gasteiger partial charge in [-0.1, -0.05) is 0 Å². The highest BCUT2D eigenvalue weighted by molar-refractivity contribution is 14.1. The van der Waals surface area contributed by atoms with Crippen molar-refractivity contribution < 1.29 is 22.6 Å². The predicted octanol–water partition coefficient (Wildman–Crippen LogP) is 0.636. The molecule has 0 atom stereocenters. The van der Waals surface area contributed by atoms with Gasteiger partial charge in [-0.15, -0.1) is 2.84 Å². The lowest BCUT2D eigenvalue weighted by Gasteiger charge is -1.89. The molecule has 0 aromatic heterocycles. The second-order valence-electron chi connectivity index (χ2n) is 1.81. The van der Waals surface area contributed by atoms with Crippen molar-refractivity contribution in [3.8, 4) is 0 Å². The standard InChI is InChI=1S/C4H6IN5O4/c6-7-8-9-10(2-4(13)14)5-1-3(11)12/h6H,1-2H2,(H-,11,12,13,14)/p+1/b7-6?,9-8+. The molecule has 0 aliphatic heterocycles. The normalized spacial score (nSPS) is 12.1. The summed E-state index contributed by atoms with van der Waals surface area (Å²) in [7, 11) is 0. The van der Waals surface area contributed by atoms with Gasteiger partial charge in [0.2, 0.25) is 11.8 Å². The van der Waals surface area contributed by atoms with E-state index in [1.807, 2.05) is 0 Å². The smallest absolute Gasteiger partial charge is 0.348 e. The number of halogens is 1. The average Bonchev–Trinajstić information content (AvgIpc) is 2.09. The number of rotatable bonds is 6. The van der Waals surface area contributed by atoms with Crippen LogP contribution < -0.4 is 0 Å². The summed E-state index contributed by atoms with van der Waals surface area (Å²) >= 11 is -1.08. The van der Waals surface area contributed by atoms with Gasteiger partial charge in [0.1, 0.15) is 25.5 Å². The Morgan fingerprint density at radius 2 is 2.00 bits per heavy atom. The van der Waals surface area contributed by atoms with Gasteiger partial charge in [-0.2, -0.15) is 5.53 Å². The number of carboxylic acids is 2. The molecule has 0 heterocycles. The first-order valence-electron chi connectivity index (χ1n) is 3.14. The molecule has 0 bridgehead atoms. The fourth-order valence-electron chi connectivity index (χ4n) is 0.393. The van der Waals surface area contributed by atoms with Crippen molar-refractivity contribution in [1.82, 2.24) is 0 Å². The Hall–Kier alpha value is -1.33. The van der Waals surface area contributed by atoms with E-state index in [0.29, 0.717) is 0 Å². The van der Waals surface area contributed by atoms with Crippen LogP contribution in [0.25, 0.3) is 0 Å². The molecule has 0 saturated carbocycles. The lowest BCUT2D eigenvalue weighted by molar-refractivity contribution is -0.481. The minimum atomic E-state index is -1.14. The van der Waals surface area contributed by atoms with Crippen molar-refractivity contribution in [2.24, 2.45) is 15.7 Å². The van der Waals surface area contributed by atoms with Crippen LogP contribution in [-0.2, 0) is 9.59 Å². The third-order valence-electron chi connectivity index (χ3n) is 0.760. The topological polar surface area (TPSA) is 139 Å². The maximum Gasteiger partial charge on any atom is 0.348 e. The van der Waals surface area contributed by atoms with Gasteiger partial charge in [0.25, 0.3) is 0 Å². The van der Waals surface area contributed by atoms with E-state index < -0.39 is 39.5 Å². The summed E-state index contributed by atoms with van der Waals surface area (Å²) in [6, 6.07) is 0. The molecular weight excluding hydrogens is 309 g/mol. The first-order valence-corrected chi connectivity index (χ1v) is 5.63. The molecule has 3 N–H and O–H groups in total. The Morgan fingerprint density at radius 1 is 1.36 bits per heavy atom. The van der Waals surface area contributed by atoms with E-state index in [1.165, 1.54) is 0 Å². The first kappa shape index (κ1) is 12.7. The van der Waals surface area contributed by atoms with Crippen molar-refractivity contribution in [3.63, 3.8) is 0 Å². The molecule has 0 amide bonds. The Bertz CT molecular complexity index is 300. The Morgan fingerprint density at radius 3 is 2.43 bits per heavy atom. The van der Waals surface area contributed by atoms with E-state index in [4.69, 9.17) is 15.7 Å². The van der Waals surface area contributed by atoms with Gasteiger partial charge in [-0.3, -0.25) is 4.79 Å². The van der Waals surface area contributed by atoms with Gasteiger partial charge < -0.3 is 10.2 Å². The maximum atomic E-state index is 10.3. The predicted molar refractivity (Wildman–Crippen MR) is 49.3 cm³/mol. The van der Waals surface area contributed by atoms with Gasteiger partial charge in [-0.05, 0) is 0 Å². The zero-order valence-electron chi connectivity index (χ0n) is 6.79. The van der Waals surface area contributed by atoms with E-state index in [-0.39, 0.29) is 4.43 Å². The number of nitrogens with zero attached hydrogens (tertiary/aromatic N) is 4. The average molecular weight is 316 g/mol. The van der Waals surface area contributed by atoms with Gasteiger partial charge in [0.05, 0.1) is 5.22 Å². The van der Waals surface area contributed by atoms with E-state index in [0.717, 1.165) is 2.84 Å². The molecule has 0 aromatic rings. The number of nitrogens with one attached hydrogen (secondary N) is 1. The maximum absolute atomic E-state index is 10.3. The lowest BCUT2D eigenvalue weighted by Crippen LogP contribution is -2.12. The SMILES string of the molecule is N=N/N=N/[N+](CC(=O)O)=ICC(=O)O. The van der Waals surface area contributed by atoms with E-state index in [1.54, 1.807) is 0 Å². The molecule has 0 aliphatic carbocycles. The number of carboxylic acid groups (broad SMARTS) is 2. The fraction of sp³-hybridized carbons (Fsp3) is 0.500. The van der Waals surface area contributed by atoms with E-state index in [9.17, 15) is 9.59 Å². The number of hydrogen-bond donors (Lipinski definition) is 3. The van der Waals surface area contributed by atoms with Crippen LogP contribution in [0.5, 0.6) is 0 Å². The summed E-state index contributed by atoms with van der Waals surface area (Å²) in [5.74, 6) is -2.16. The Balaban J connectivity index is 4.44. The van der Waals surface area contributed by atoms with Gasteiger partial charge >= 0.3 is 11.9 Å². The number of alkyl halides is 1. The minimum Gasteiger partial charge on any atom is -0.481 e. The zero-order valence-corrected chi connectivity index (χ0v) is 8.95. The molecule has 14 heavy (non-hydrogen) atoms. The molecule has 0 radical (unpaired) electrons. The molecule has 0 spiro atoms. The third-order valence-corrected chi connectivity index (χ3v) is 3.07. The van der Waals surface area contributed by atoms with Crippen LogP contribution in [0.2, 0.25) is 0 Å². The second kappa shape index (κ2) is 7.11. The van der Waals surface area contributed by atoms with Crippen LogP contribution >= 0.6 is 21.0 Å². The molecule has 0 fully saturated rings. The molecule has 0 saturated heterocycles. The van der Waals surface area contributed by atoms with E-state index >= 15 is 0 Å². The van der Waals surface area contributed by atoms with Crippen molar-refractivity contribution in [2.75, 3.05) is 11.0 Å². The Kier molecular flexibility index (Phi) is 6.43. The molecule has 0 aromatic carbocycles. The number of hydrogen-bond acceptors (Lipinski definition) is 4. The van der Waals surface area contributed by atoms with Crippen LogP contribution in [-0.4, -0.2) is 36.0 Å². The molecule has 0 unspecified atom stereocenters. The summed E-state index contributed by atoms with van der Waals surface area (Å²) in [5, 5.41) is 25.5. The van der Waals surface area contributed by atoms with E-state index in [2.05, 4.69) is 15.7 Å². The van der Waals surface area contributed by atoms with Crippen molar-refractivity contribution >= 4 is 33.0 Å². The largest absolute Gasteiger partial charge is 0.481 e. The summed E-state index contributed by atoms with van der Waals surface area (Å²) in [4.78, 5) is 20.5. The van der Waals surface area contributed by atoms with Crippen LogP contribution in [0.4, 0.5) is 0 Å². The van der Waals surface area contributed by atoms with Crippen molar-refractivity contribution in [3.05, 3.63) is 0 Å². The first-order chi connectivity index (χ1) is 6.56. The molecule has 78 valence electrons. The fourth-order valence-corrected chi connectivity index (χ4v) is 1.83. The second-order valence-corrected chi connectivity index (χ2v) is 4.37. The summed E-state index contributed by atoms with van der Waals surface area (Å²) in [6.45, 7) is -0.431. The quantitative estimate of drug-likeness (QED) is 0.286. The molecule has 10 heteroatoms. The molecule has 0 aliphatic rings. The number of carbonyl (C=O) groups is 2. The van der Waals surface area contributed by atoms with Crippen LogP contribution in [0.15, 0.2) is 15.7 Å². The molecule has 9 nitrogen and oxygen atoms in total. The van der Waals surface area contributed by atoms with Crippen LogP contribution in [0.1, 0.15) is 0 Å².